The quantitative estimate of drug-likeness (QED) is 0.795. The number of nitrogens with one attached hydrogen (secondary N) is 1. The average molecular weight is 304 g/mol. The third-order valence-electron chi connectivity index (χ3n) is 4.31. The Bertz CT molecular complexity index is 489. The highest BCUT2D eigenvalue weighted by molar-refractivity contribution is 7.80. The third kappa shape index (κ3) is 4.81. The maximum Gasteiger partial charge on any atom is 0.230 e. The summed E-state index contributed by atoms with van der Waals surface area (Å²) in [5.74, 6) is 0.933. The van der Waals surface area contributed by atoms with Crippen LogP contribution in [0.5, 0.6) is 0 Å². The smallest absolute Gasteiger partial charge is 0.230 e. The summed E-state index contributed by atoms with van der Waals surface area (Å²) in [4.78, 5) is 12.6. The van der Waals surface area contributed by atoms with E-state index in [0.717, 1.165) is 18.0 Å². The van der Waals surface area contributed by atoms with Gasteiger partial charge in [0.2, 0.25) is 5.91 Å². The highest BCUT2D eigenvalue weighted by Crippen LogP contribution is 2.29. The molecule has 4 heteroatoms. The van der Waals surface area contributed by atoms with Crippen LogP contribution in [-0.2, 0) is 11.2 Å². The van der Waals surface area contributed by atoms with E-state index in [1.807, 2.05) is 30.3 Å². The van der Waals surface area contributed by atoms with Crippen molar-refractivity contribution in [1.29, 1.82) is 0 Å². The first kappa shape index (κ1) is 16.0. The van der Waals surface area contributed by atoms with Gasteiger partial charge >= 0.3 is 0 Å². The normalized spacial score (nSPS) is 22.7. The Morgan fingerprint density at radius 2 is 2.10 bits per heavy atom. The minimum absolute atomic E-state index is 0.0362. The Morgan fingerprint density at radius 3 is 2.67 bits per heavy atom. The molecule has 2 rings (SSSR count). The van der Waals surface area contributed by atoms with Crippen LogP contribution < -0.4 is 11.1 Å². The lowest BCUT2D eigenvalue weighted by molar-refractivity contribution is -0.123. The Morgan fingerprint density at radius 1 is 1.38 bits per heavy atom. The Hall–Kier alpha value is -1.42. The lowest BCUT2D eigenvalue weighted by Gasteiger charge is -2.17. The number of carbonyl (C=O) groups is 1. The summed E-state index contributed by atoms with van der Waals surface area (Å²) in [5.41, 5.74) is 6.85. The number of benzene rings is 1. The number of nitrogens with two attached hydrogens (primary N) is 1. The molecule has 0 aliphatic heterocycles. The van der Waals surface area contributed by atoms with Crippen molar-refractivity contribution in [3.05, 3.63) is 35.9 Å². The van der Waals surface area contributed by atoms with E-state index in [9.17, 15) is 4.79 Å². The monoisotopic (exact) mass is 304 g/mol. The molecular weight excluding hydrogens is 280 g/mol. The van der Waals surface area contributed by atoms with Gasteiger partial charge in [-0.25, -0.2) is 0 Å². The van der Waals surface area contributed by atoms with E-state index in [2.05, 4.69) is 12.2 Å². The van der Waals surface area contributed by atoms with Crippen LogP contribution in [-0.4, -0.2) is 17.4 Å². The second-order valence-corrected chi connectivity index (χ2v) is 6.65. The largest absolute Gasteiger partial charge is 0.393 e. The van der Waals surface area contributed by atoms with Gasteiger partial charge in [-0.1, -0.05) is 55.9 Å². The van der Waals surface area contributed by atoms with Crippen molar-refractivity contribution in [3.8, 4) is 0 Å². The van der Waals surface area contributed by atoms with Gasteiger partial charge in [-0.15, -0.1) is 0 Å². The molecule has 0 saturated heterocycles. The van der Waals surface area contributed by atoms with Crippen LogP contribution in [0.2, 0.25) is 0 Å². The summed E-state index contributed by atoms with van der Waals surface area (Å²) in [6.07, 6.45) is 4.25. The van der Waals surface area contributed by atoms with E-state index in [1.54, 1.807) is 0 Å². The highest BCUT2D eigenvalue weighted by Gasteiger charge is 2.25. The van der Waals surface area contributed by atoms with E-state index in [1.165, 1.54) is 19.3 Å². The van der Waals surface area contributed by atoms with Gasteiger partial charge in [0.1, 0.15) is 0 Å². The fourth-order valence-electron chi connectivity index (χ4n) is 3.05. The Balaban J connectivity index is 1.88. The van der Waals surface area contributed by atoms with Crippen LogP contribution in [0.3, 0.4) is 0 Å². The van der Waals surface area contributed by atoms with Gasteiger partial charge < -0.3 is 11.1 Å². The number of carbonyl (C=O) groups excluding carboxylic acids is 1. The SMILES string of the molecule is CC1CCC(CNC(=O)C(Cc2ccccc2)C(N)=S)C1. The lowest BCUT2D eigenvalue weighted by atomic mass is 9.98. The summed E-state index contributed by atoms with van der Waals surface area (Å²) >= 11 is 5.08. The molecule has 0 spiro atoms. The van der Waals surface area contributed by atoms with Gasteiger partial charge in [0, 0.05) is 6.54 Å². The first-order valence-corrected chi connectivity index (χ1v) is 8.08. The first-order chi connectivity index (χ1) is 10.1. The molecule has 21 heavy (non-hydrogen) atoms. The number of rotatable bonds is 6. The van der Waals surface area contributed by atoms with Crippen molar-refractivity contribution in [3.63, 3.8) is 0 Å². The number of hydrogen-bond donors (Lipinski definition) is 2. The molecule has 3 unspecified atom stereocenters. The van der Waals surface area contributed by atoms with Crippen LogP contribution in [0.1, 0.15) is 31.7 Å². The minimum atomic E-state index is -0.416. The molecule has 1 saturated carbocycles. The molecule has 0 bridgehead atoms. The third-order valence-corrected chi connectivity index (χ3v) is 4.60. The Labute approximate surface area is 132 Å². The molecular formula is C17H24N2OS. The summed E-state index contributed by atoms with van der Waals surface area (Å²) in [6, 6.07) is 9.88. The maximum absolute atomic E-state index is 12.3. The van der Waals surface area contributed by atoms with Gasteiger partial charge in [0.05, 0.1) is 10.9 Å². The molecule has 3 atom stereocenters. The van der Waals surface area contributed by atoms with Crippen LogP contribution in [0.4, 0.5) is 0 Å². The molecule has 1 aliphatic rings. The highest BCUT2D eigenvalue weighted by atomic mass is 32.1. The molecule has 3 nitrogen and oxygen atoms in total. The van der Waals surface area contributed by atoms with Crippen LogP contribution in [0.15, 0.2) is 30.3 Å². The van der Waals surface area contributed by atoms with E-state index < -0.39 is 5.92 Å². The molecule has 0 aromatic heterocycles. The lowest BCUT2D eigenvalue weighted by Crippen LogP contribution is -2.40. The molecule has 0 radical (unpaired) electrons. The van der Waals surface area contributed by atoms with Crippen molar-refractivity contribution in [2.45, 2.75) is 32.6 Å². The van der Waals surface area contributed by atoms with E-state index >= 15 is 0 Å². The van der Waals surface area contributed by atoms with E-state index in [-0.39, 0.29) is 10.9 Å². The number of hydrogen-bond acceptors (Lipinski definition) is 2. The molecule has 1 amide bonds. The van der Waals surface area contributed by atoms with E-state index in [4.69, 9.17) is 18.0 Å². The number of amides is 1. The van der Waals surface area contributed by atoms with Crippen LogP contribution >= 0.6 is 12.2 Å². The molecule has 114 valence electrons. The molecule has 0 heterocycles. The predicted molar refractivity (Wildman–Crippen MR) is 89.9 cm³/mol. The summed E-state index contributed by atoms with van der Waals surface area (Å²) in [5, 5.41) is 3.04. The summed E-state index contributed by atoms with van der Waals surface area (Å²) in [7, 11) is 0. The van der Waals surface area contributed by atoms with Crippen LogP contribution in [0, 0.1) is 17.8 Å². The standard InChI is InChI=1S/C17H24N2OS/c1-12-7-8-14(9-12)11-19-17(20)15(16(18)21)10-13-5-3-2-4-6-13/h2-6,12,14-15H,7-11H2,1H3,(H2,18,21)(H,19,20). The predicted octanol–water partition coefficient (Wildman–Crippen LogP) is 2.68. The zero-order valence-electron chi connectivity index (χ0n) is 12.5. The first-order valence-electron chi connectivity index (χ1n) is 7.67. The molecule has 1 aromatic carbocycles. The van der Waals surface area contributed by atoms with Gasteiger partial charge in [-0.05, 0) is 36.7 Å². The molecule has 3 N–H and O–H groups in total. The second kappa shape index (κ2) is 7.55. The molecule has 1 aromatic rings. The fraction of sp³-hybridized carbons (Fsp3) is 0.529. The summed E-state index contributed by atoms with van der Waals surface area (Å²) < 4.78 is 0. The average Bonchev–Trinajstić information content (AvgIpc) is 2.89. The fourth-order valence-corrected chi connectivity index (χ4v) is 3.24. The zero-order valence-corrected chi connectivity index (χ0v) is 13.4. The Kier molecular flexibility index (Phi) is 5.74. The van der Waals surface area contributed by atoms with Gasteiger partial charge in [0.25, 0.3) is 0 Å². The van der Waals surface area contributed by atoms with E-state index in [0.29, 0.717) is 12.3 Å². The summed E-state index contributed by atoms with van der Waals surface area (Å²) in [6.45, 7) is 3.02. The van der Waals surface area contributed by atoms with Crippen LogP contribution in [0.25, 0.3) is 0 Å². The van der Waals surface area contributed by atoms with Gasteiger partial charge in [0.15, 0.2) is 0 Å². The van der Waals surface area contributed by atoms with Crippen molar-refractivity contribution < 1.29 is 4.79 Å². The van der Waals surface area contributed by atoms with Crippen molar-refractivity contribution in [1.82, 2.24) is 5.32 Å². The number of thiocarbonyl (C=S) groups is 1. The second-order valence-electron chi connectivity index (χ2n) is 6.17. The van der Waals surface area contributed by atoms with Gasteiger partial charge in [-0.3, -0.25) is 4.79 Å². The zero-order chi connectivity index (χ0) is 15.2. The maximum atomic E-state index is 12.3. The topological polar surface area (TPSA) is 55.1 Å². The molecule has 1 aliphatic carbocycles. The molecule has 1 fully saturated rings. The van der Waals surface area contributed by atoms with Crippen molar-refractivity contribution in [2.75, 3.05) is 6.54 Å². The van der Waals surface area contributed by atoms with Gasteiger partial charge in [-0.2, -0.15) is 0 Å². The van der Waals surface area contributed by atoms with Crippen molar-refractivity contribution in [2.24, 2.45) is 23.5 Å². The minimum Gasteiger partial charge on any atom is -0.393 e. The van der Waals surface area contributed by atoms with Crippen molar-refractivity contribution >= 4 is 23.1 Å².